The van der Waals surface area contributed by atoms with Crippen molar-refractivity contribution in [2.45, 2.75) is 18.9 Å². The monoisotopic (exact) mass is 425 g/mol. The predicted octanol–water partition coefficient (Wildman–Crippen LogP) is 2.64. The van der Waals surface area contributed by atoms with E-state index in [1.165, 1.54) is 0 Å². The Morgan fingerprint density at radius 2 is 2.04 bits per heavy atom. The number of nitrogens with zero attached hydrogens (tertiary/aromatic N) is 2. The Morgan fingerprint density at radius 3 is 2.85 bits per heavy atom. The normalized spacial score (nSPS) is 21.6. The molecule has 2 saturated heterocycles. The number of nitrogens with one attached hydrogen (secondary N) is 1. The Bertz CT molecular complexity index is 581. The zero-order valence-corrected chi connectivity index (χ0v) is 16.7. The molecule has 2 aliphatic rings. The van der Waals surface area contributed by atoms with Gasteiger partial charge in [-0.25, -0.2) is 4.79 Å². The minimum absolute atomic E-state index is 0.0136. The van der Waals surface area contributed by atoms with Crippen molar-refractivity contribution in [3.8, 4) is 0 Å². The van der Waals surface area contributed by atoms with E-state index in [2.05, 4.69) is 32.2 Å². The van der Waals surface area contributed by atoms with Crippen molar-refractivity contribution in [2.24, 2.45) is 0 Å². The van der Waals surface area contributed by atoms with Crippen LogP contribution in [0.15, 0.2) is 28.7 Å². The predicted molar refractivity (Wildman–Crippen MR) is 104 cm³/mol. The molecule has 0 aromatic heterocycles. The number of amides is 2. The zero-order valence-electron chi connectivity index (χ0n) is 15.2. The van der Waals surface area contributed by atoms with Crippen molar-refractivity contribution in [1.29, 1.82) is 0 Å². The third-order valence-electron chi connectivity index (χ3n) is 4.86. The Labute approximate surface area is 163 Å². The standard InChI is InChI=1S/C19H28BrN3O3/c20-17-5-3-4-16(14-17)18-15-23(10-13-26-18)19(24)21-6-1-2-7-22-8-11-25-12-9-22/h3-5,14,18H,1-2,6-13,15H2,(H,21,24). The van der Waals surface area contributed by atoms with Gasteiger partial charge in [0.1, 0.15) is 6.10 Å². The maximum atomic E-state index is 12.4. The third kappa shape index (κ3) is 5.94. The highest BCUT2D eigenvalue weighted by atomic mass is 79.9. The van der Waals surface area contributed by atoms with Gasteiger partial charge in [0.2, 0.25) is 0 Å². The summed E-state index contributed by atoms with van der Waals surface area (Å²) in [6.45, 7) is 7.35. The number of ether oxygens (including phenoxy) is 2. The van der Waals surface area contributed by atoms with E-state index in [4.69, 9.17) is 9.47 Å². The lowest BCUT2D eigenvalue weighted by atomic mass is 10.1. The molecule has 1 aromatic carbocycles. The van der Waals surface area contributed by atoms with E-state index in [-0.39, 0.29) is 12.1 Å². The first-order valence-corrected chi connectivity index (χ1v) is 10.2. The first-order valence-electron chi connectivity index (χ1n) is 9.42. The SMILES string of the molecule is O=C(NCCCCN1CCOCC1)N1CCOC(c2cccc(Br)c2)C1. The Balaban J connectivity index is 1.36. The summed E-state index contributed by atoms with van der Waals surface area (Å²) in [5.74, 6) is 0. The molecule has 144 valence electrons. The first kappa shape index (κ1) is 19.6. The number of halogens is 1. The van der Waals surface area contributed by atoms with Gasteiger partial charge in [0.25, 0.3) is 0 Å². The molecule has 7 heteroatoms. The number of carbonyl (C=O) groups is 1. The van der Waals surface area contributed by atoms with Gasteiger partial charge in [-0.15, -0.1) is 0 Å². The largest absolute Gasteiger partial charge is 0.379 e. The van der Waals surface area contributed by atoms with Crippen LogP contribution in [-0.4, -0.2) is 74.9 Å². The summed E-state index contributed by atoms with van der Waals surface area (Å²) in [6, 6.07) is 8.10. The molecule has 3 rings (SSSR count). The summed E-state index contributed by atoms with van der Waals surface area (Å²) in [5, 5.41) is 3.05. The zero-order chi connectivity index (χ0) is 18.2. The fourth-order valence-corrected chi connectivity index (χ4v) is 3.75. The molecular weight excluding hydrogens is 398 g/mol. The van der Waals surface area contributed by atoms with Crippen molar-refractivity contribution >= 4 is 22.0 Å². The van der Waals surface area contributed by atoms with E-state index in [0.717, 1.165) is 62.3 Å². The average molecular weight is 426 g/mol. The maximum absolute atomic E-state index is 12.4. The van der Waals surface area contributed by atoms with Crippen LogP contribution in [0.25, 0.3) is 0 Å². The second-order valence-corrected chi connectivity index (χ2v) is 7.67. The highest BCUT2D eigenvalue weighted by Gasteiger charge is 2.25. The third-order valence-corrected chi connectivity index (χ3v) is 5.35. The van der Waals surface area contributed by atoms with E-state index in [0.29, 0.717) is 19.7 Å². The van der Waals surface area contributed by atoms with Crippen LogP contribution in [0.2, 0.25) is 0 Å². The summed E-state index contributed by atoms with van der Waals surface area (Å²) in [5.41, 5.74) is 1.10. The molecule has 0 bridgehead atoms. The van der Waals surface area contributed by atoms with Gasteiger partial charge in [-0.3, -0.25) is 4.90 Å². The van der Waals surface area contributed by atoms with Crippen LogP contribution in [-0.2, 0) is 9.47 Å². The number of hydrogen-bond acceptors (Lipinski definition) is 4. The molecule has 0 spiro atoms. The molecule has 2 fully saturated rings. The fraction of sp³-hybridized carbons (Fsp3) is 0.632. The lowest BCUT2D eigenvalue weighted by molar-refractivity contribution is -0.0154. The first-order chi connectivity index (χ1) is 12.7. The highest BCUT2D eigenvalue weighted by Crippen LogP contribution is 2.24. The summed E-state index contributed by atoms with van der Waals surface area (Å²) in [6.07, 6.45) is 2.04. The van der Waals surface area contributed by atoms with E-state index in [9.17, 15) is 4.79 Å². The van der Waals surface area contributed by atoms with Gasteiger partial charge in [-0.1, -0.05) is 28.1 Å². The molecule has 1 N–H and O–H groups in total. The Kier molecular flexibility index (Phi) is 7.73. The molecule has 1 aromatic rings. The molecular formula is C19H28BrN3O3. The maximum Gasteiger partial charge on any atom is 0.317 e. The molecule has 2 aliphatic heterocycles. The molecule has 1 atom stereocenters. The molecule has 2 heterocycles. The van der Waals surface area contributed by atoms with Crippen LogP contribution in [0.4, 0.5) is 4.79 Å². The average Bonchev–Trinajstić information content (AvgIpc) is 2.68. The van der Waals surface area contributed by atoms with Gasteiger partial charge in [0.15, 0.2) is 0 Å². The number of rotatable bonds is 6. The molecule has 0 aliphatic carbocycles. The number of urea groups is 1. The van der Waals surface area contributed by atoms with E-state index in [1.54, 1.807) is 0 Å². The second-order valence-electron chi connectivity index (χ2n) is 6.75. The smallest absolute Gasteiger partial charge is 0.317 e. The van der Waals surface area contributed by atoms with Crippen molar-refractivity contribution < 1.29 is 14.3 Å². The molecule has 0 radical (unpaired) electrons. The number of unbranched alkanes of at least 4 members (excludes halogenated alkanes) is 1. The van der Waals surface area contributed by atoms with Crippen LogP contribution in [0.3, 0.4) is 0 Å². The number of benzene rings is 1. The minimum Gasteiger partial charge on any atom is -0.379 e. The lowest BCUT2D eigenvalue weighted by Crippen LogP contribution is -2.47. The number of morpholine rings is 2. The van der Waals surface area contributed by atoms with Crippen LogP contribution >= 0.6 is 15.9 Å². The van der Waals surface area contributed by atoms with Gasteiger partial charge in [0, 0.05) is 30.7 Å². The van der Waals surface area contributed by atoms with Gasteiger partial charge in [-0.2, -0.15) is 0 Å². The van der Waals surface area contributed by atoms with Crippen LogP contribution in [0, 0.1) is 0 Å². The number of hydrogen-bond donors (Lipinski definition) is 1. The van der Waals surface area contributed by atoms with Gasteiger partial charge in [-0.05, 0) is 37.1 Å². The Hall–Kier alpha value is -1.15. The van der Waals surface area contributed by atoms with Gasteiger partial charge < -0.3 is 19.7 Å². The minimum atomic E-state index is -0.0617. The van der Waals surface area contributed by atoms with E-state index >= 15 is 0 Å². The molecule has 1 unspecified atom stereocenters. The molecule has 6 nitrogen and oxygen atoms in total. The van der Waals surface area contributed by atoms with Crippen LogP contribution < -0.4 is 5.32 Å². The lowest BCUT2D eigenvalue weighted by Gasteiger charge is -2.33. The number of carbonyl (C=O) groups excluding carboxylic acids is 1. The van der Waals surface area contributed by atoms with Crippen LogP contribution in [0.1, 0.15) is 24.5 Å². The molecule has 2 amide bonds. The van der Waals surface area contributed by atoms with Crippen molar-refractivity contribution in [3.05, 3.63) is 34.3 Å². The molecule has 0 saturated carbocycles. The Morgan fingerprint density at radius 1 is 1.19 bits per heavy atom. The summed E-state index contributed by atoms with van der Waals surface area (Å²) in [4.78, 5) is 16.7. The summed E-state index contributed by atoms with van der Waals surface area (Å²) < 4.78 is 12.2. The molecule has 26 heavy (non-hydrogen) atoms. The quantitative estimate of drug-likeness (QED) is 0.711. The highest BCUT2D eigenvalue weighted by molar-refractivity contribution is 9.10. The topological polar surface area (TPSA) is 54.0 Å². The fourth-order valence-electron chi connectivity index (χ4n) is 3.33. The van der Waals surface area contributed by atoms with E-state index < -0.39 is 0 Å². The summed E-state index contributed by atoms with van der Waals surface area (Å²) >= 11 is 3.49. The van der Waals surface area contributed by atoms with Crippen molar-refractivity contribution in [3.63, 3.8) is 0 Å². The van der Waals surface area contributed by atoms with Gasteiger partial charge >= 0.3 is 6.03 Å². The van der Waals surface area contributed by atoms with Gasteiger partial charge in [0.05, 0.1) is 26.4 Å². The van der Waals surface area contributed by atoms with Crippen LogP contribution in [0.5, 0.6) is 0 Å². The second kappa shape index (κ2) is 10.3. The van der Waals surface area contributed by atoms with E-state index in [1.807, 2.05) is 23.1 Å². The van der Waals surface area contributed by atoms with Crippen molar-refractivity contribution in [1.82, 2.24) is 15.1 Å². The van der Waals surface area contributed by atoms with Crippen molar-refractivity contribution in [2.75, 3.05) is 59.1 Å². The summed E-state index contributed by atoms with van der Waals surface area (Å²) in [7, 11) is 0.